The average Bonchev–Trinajstić information content (AvgIpc) is 2.32. The molecule has 0 aliphatic carbocycles. The van der Waals surface area contributed by atoms with Crippen LogP contribution in [0.1, 0.15) is 11.1 Å². The molecule has 1 aromatic rings. The summed E-state index contributed by atoms with van der Waals surface area (Å²) in [5, 5.41) is 3.91. The Morgan fingerprint density at radius 2 is 2.12 bits per heavy atom. The Balaban J connectivity index is 2.46. The summed E-state index contributed by atoms with van der Waals surface area (Å²) in [6.07, 6.45) is 0. The number of methoxy groups -OCH3 is 1. The van der Waals surface area contributed by atoms with Gasteiger partial charge in [-0.1, -0.05) is 24.3 Å². The summed E-state index contributed by atoms with van der Waals surface area (Å²) in [6.45, 7) is 4.35. The third-order valence-electron chi connectivity index (χ3n) is 2.60. The van der Waals surface area contributed by atoms with Gasteiger partial charge in [0.25, 0.3) is 0 Å². The van der Waals surface area contributed by atoms with E-state index >= 15 is 0 Å². The lowest BCUT2D eigenvalue weighted by Gasteiger charge is -2.21. The van der Waals surface area contributed by atoms with Crippen LogP contribution in [0.25, 0.3) is 0 Å². The van der Waals surface area contributed by atoms with Gasteiger partial charge in [0.2, 0.25) is 0 Å². The number of benzene rings is 1. The predicted octanol–water partition coefficient (Wildman–Crippen LogP) is 1.95. The van der Waals surface area contributed by atoms with E-state index in [1.165, 1.54) is 11.1 Å². The Labute approximate surface area is 109 Å². The molecule has 0 saturated heterocycles. The van der Waals surface area contributed by atoms with Crippen molar-refractivity contribution in [1.29, 1.82) is 0 Å². The first-order chi connectivity index (χ1) is 8.15. The fourth-order valence-electron chi connectivity index (χ4n) is 1.51. The molecule has 3 nitrogen and oxygen atoms in total. The van der Waals surface area contributed by atoms with Crippen LogP contribution in [0.3, 0.4) is 0 Å². The van der Waals surface area contributed by atoms with E-state index in [-0.39, 0.29) is 0 Å². The third kappa shape index (κ3) is 4.71. The summed E-state index contributed by atoms with van der Waals surface area (Å²) in [5.41, 5.74) is 2.59. The summed E-state index contributed by atoms with van der Waals surface area (Å²) in [5.74, 6) is 0. The quantitative estimate of drug-likeness (QED) is 0.639. The van der Waals surface area contributed by atoms with Crippen LogP contribution in [0, 0.1) is 6.92 Å². The summed E-state index contributed by atoms with van der Waals surface area (Å²) < 4.78 is 4.97. The van der Waals surface area contributed by atoms with Crippen molar-refractivity contribution in [1.82, 2.24) is 10.2 Å². The molecule has 0 unspecified atom stereocenters. The van der Waals surface area contributed by atoms with Crippen LogP contribution in [-0.4, -0.2) is 37.3 Å². The molecule has 0 amide bonds. The number of aryl methyl sites for hydroxylation is 1. The Hall–Kier alpha value is -1.13. The average molecular weight is 252 g/mol. The number of hydrogen-bond donors (Lipinski definition) is 1. The van der Waals surface area contributed by atoms with Gasteiger partial charge in [-0.05, 0) is 30.3 Å². The highest BCUT2D eigenvalue weighted by Crippen LogP contribution is 2.09. The van der Waals surface area contributed by atoms with Crippen LogP contribution in [0.2, 0.25) is 0 Å². The molecule has 17 heavy (non-hydrogen) atoms. The second-order valence-electron chi connectivity index (χ2n) is 4.01. The van der Waals surface area contributed by atoms with E-state index in [2.05, 4.69) is 30.4 Å². The highest BCUT2D eigenvalue weighted by atomic mass is 32.1. The molecule has 0 aliphatic rings. The van der Waals surface area contributed by atoms with E-state index in [9.17, 15) is 0 Å². The Morgan fingerprint density at radius 3 is 2.76 bits per heavy atom. The zero-order chi connectivity index (χ0) is 12.7. The van der Waals surface area contributed by atoms with Crippen molar-refractivity contribution in [3.8, 4) is 0 Å². The number of rotatable bonds is 5. The summed E-state index contributed by atoms with van der Waals surface area (Å²) >= 11 is 5.29. The minimum atomic E-state index is 0.665. The number of nitrogens with zero attached hydrogens (tertiary/aromatic N) is 1. The van der Waals surface area contributed by atoms with E-state index in [1.807, 2.05) is 18.0 Å². The molecule has 1 aromatic carbocycles. The van der Waals surface area contributed by atoms with Gasteiger partial charge in [-0.2, -0.15) is 0 Å². The maximum atomic E-state index is 5.29. The lowest BCUT2D eigenvalue weighted by atomic mass is 10.1. The van der Waals surface area contributed by atoms with Crippen LogP contribution < -0.4 is 5.32 Å². The lowest BCUT2D eigenvalue weighted by Crippen LogP contribution is -2.38. The summed E-state index contributed by atoms with van der Waals surface area (Å²) in [4.78, 5) is 2.04. The fourth-order valence-corrected chi connectivity index (χ4v) is 1.68. The van der Waals surface area contributed by atoms with E-state index in [0.29, 0.717) is 6.61 Å². The Morgan fingerprint density at radius 1 is 1.41 bits per heavy atom. The van der Waals surface area contributed by atoms with Crippen LogP contribution in [-0.2, 0) is 11.3 Å². The lowest BCUT2D eigenvalue weighted by molar-refractivity contribution is 0.203. The smallest absolute Gasteiger partial charge is 0.169 e. The van der Waals surface area contributed by atoms with Crippen molar-refractivity contribution in [3.05, 3.63) is 35.4 Å². The topological polar surface area (TPSA) is 24.5 Å². The van der Waals surface area contributed by atoms with Gasteiger partial charge < -0.3 is 15.0 Å². The molecule has 1 rings (SSSR count). The number of hydrogen-bond acceptors (Lipinski definition) is 2. The minimum Gasteiger partial charge on any atom is -0.383 e. The fraction of sp³-hybridized carbons (Fsp3) is 0.462. The highest BCUT2D eigenvalue weighted by Gasteiger charge is 2.05. The highest BCUT2D eigenvalue weighted by molar-refractivity contribution is 7.80. The van der Waals surface area contributed by atoms with Gasteiger partial charge in [0.05, 0.1) is 6.61 Å². The van der Waals surface area contributed by atoms with E-state index in [4.69, 9.17) is 17.0 Å². The monoisotopic (exact) mass is 252 g/mol. The summed E-state index contributed by atoms with van der Waals surface area (Å²) in [6, 6.07) is 8.35. The van der Waals surface area contributed by atoms with Gasteiger partial charge in [-0.3, -0.25) is 0 Å². The molecule has 1 N–H and O–H groups in total. The summed E-state index contributed by atoms with van der Waals surface area (Å²) in [7, 11) is 3.68. The first-order valence-electron chi connectivity index (χ1n) is 5.67. The molecule has 0 fully saturated rings. The zero-order valence-corrected chi connectivity index (χ0v) is 11.5. The SMILES string of the molecule is COCCNC(=S)N(C)Cc1ccccc1C. The van der Waals surface area contributed by atoms with Crippen LogP contribution in [0.15, 0.2) is 24.3 Å². The molecular formula is C13H20N2OS. The third-order valence-corrected chi connectivity index (χ3v) is 3.05. The predicted molar refractivity (Wildman–Crippen MR) is 75.1 cm³/mol. The molecule has 0 saturated carbocycles. The molecule has 0 bridgehead atoms. The van der Waals surface area contributed by atoms with Crippen LogP contribution in [0.4, 0.5) is 0 Å². The van der Waals surface area contributed by atoms with Crippen molar-refractivity contribution >= 4 is 17.3 Å². The minimum absolute atomic E-state index is 0.665. The standard InChI is InChI=1S/C13H20N2OS/c1-11-6-4-5-7-12(11)10-15(2)13(17)14-8-9-16-3/h4-7H,8-10H2,1-3H3,(H,14,17). The molecule has 0 spiro atoms. The largest absolute Gasteiger partial charge is 0.383 e. The number of thiocarbonyl (C=S) groups is 1. The number of nitrogens with one attached hydrogen (secondary N) is 1. The Bertz CT molecular complexity index is 368. The molecule has 94 valence electrons. The first-order valence-corrected chi connectivity index (χ1v) is 6.08. The van der Waals surface area contributed by atoms with E-state index < -0.39 is 0 Å². The van der Waals surface area contributed by atoms with Gasteiger partial charge in [0.15, 0.2) is 5.11 Å². The van der Waals surface area contributed by atoms with Gasteiger partial charge in [-0.25, -0.2) is 0 Å². The normalized spacial score (nSPS) is 10.1. The molecule has 4 heteroatoms. The molecule has 0 atom stereocenters. The van der Waals surface area contributed by atoms with Gasteiger partial charge in [0, 0.05) is 27.2 Å². The van der Waals surface area contributed by atoms with Crippen LogP contribution in [0.5, 0.6) is 0 Å². The van der Waals surface area contributed by atoms with Crippen LogP contribution >= 0.6 is 12.2 Å². The molecule has 0 radical (unpaired) electrons. The first kappa shape index (κ1) is 13.9. The van der Waals surface area contributed by atoms with Crippen molar-refractivity contribution in [2.75, 3.05) is 27.3 Å². The van der Waals surface area contributed by atoms with E-state index in [1.54, 1.807) is 7.11 Å². The second kappa shape index (κ2) is 7.25. The maximum absolute atomic E-state index is 5.29. The second-order valence-corrected chi connectivity index (χ2v) is 4.39. The zero-order valence-electron chi connectivity index (χ0n) is 10.7. The molecule has 0 heterocycles. The maximum Gasteiger partial charge on any atom is 0.169 e. The van der Waals surface area contributed by atoms with Crippen molar-refractivity contribution in [2.24, 2.45) is 0 Å². The van der Waals surface area contributed by atoms with Crippen molar-refractivity contribution in [3.63, 3.8) is 0 Å². The molecule has 0 aliphatic heterocycles. The number of ether oxygens (including phenoxy) is 1. The van der Waals surface area contributed by atoms with Gasteiger partial charge in [0.1, 0.15) is 0 Å². The molecular weight excluding hydrogens is 232 g/mol. The molecule has 0 aromatic heterocycles. The van der Waals surface area contributed by atoms with E-state index in [0.717, 1.165) is 18.2 Å². The van der Waals surface area contributed by atoms with Gasteiger partial charge in [-0.15, -0.1) is 0 Å². The Kier molecular flexibility index (Phi) is 5.94. The van der Waals surface area contributed by atoms with Crippen molar-refractivity contribution < 1.29 is 4.74 Å². The van der Waals surface area contributed by atoms with Gasteiger partial charge >= 0.3 is 0 Å². The van der Waals surface area contributed by atoms with Crippen molar-refractivity contribution in [2.45, 2.75) is 13.5 Å².